The first-order valence-electron chi connectivity index (χ1n) is 6.37. The molecule has 2 aromatic rings. The molecule has 0 bridgehead atoms. The zero-order valence-electron chi connectivity index (χ0n) is 11.2. The van der Waals surface area contributed by atoms with Gasteiger partial charge in [0.25, 0.3) is 0 Å². The van der Waals surface area contributed by atoms with E-state index in [4.69, 9.17) is 4.52 Å². The van der Waals surface area contributed by atoms with Crippen LogP contribution in [-0.2, 0) is 6.54 Å². The van der Waals surface area contributed by atoms with Gasteiger partial charge in [-0.15, -0.1) is 0 Å². The predicted octanol–water partition coefficient (Wildman–Crippen LogP) is 2.29. The lowest BCUT2D eigenvalue weighted by atomic mass is 10.2. The van der Waals surface area contributed by atoms with Crippen molar-refractivity contribution in [3.8, 4) is 0 Å². The maximum atomic E-state index is 5.11. The summed E-state index contributed by atoms with van der Waals surface area (Å²) in [6.07, 6.45) is 5.30. The molecule has 1 atom stereocenters. The van der Waals surface area contributed by atoms with Crippen LogP contribution in [0.25, 0.3) is 0 Å². The molecule has 0 saturated carbocycles. The molecule has 0 spiro atoms. The lowest BCUT2D eigenvalue weighted by Crippen LogP contribution is -2.18. The van der Waals surface area contributed by atoms with Gasteiger partial charge in [-0.1, -0.05) is 12.1 Å². The number of aryl methyl sites for hydroxylation is 1. The van der Waals surface area contributed by atoms with Crippen LogP contribution in [0, 0.1) is 6.92 Å². The Balaban J connectivity index is 1.97. The van der Waals surface area contributed by atoms with Gasteiger partial charge in [0.2, 0.25) is 5.89 Å². The Bertz CT molecular complexity index is 489. The van der Waals surface area contributed by atoms with E-state index in [1.807, 2.05) is 13.1 Å². The normalized spacial score (nSPS) is 12.8. The molecule has 2 heterocycles. The van der Waals surface area contributed by atoms with Crippen LogP contribution in [0.2, 0.25) is 0 Å². The summed E-state index contributed by atoms with van der Waals surface area (Å²) in [7, 11) is 0. The summed E-state index contributed by atoms with van der Waals surface area (Å²) in [6, 6.07) is 2.49. The standard InChI is InChI=1S/C13H20N4O/c1-4-6-14-10(2)12-5-7-17(8-12)9-13-15-11(3)16-18-13/h5,7-8,10,14H,4,6,9H2,1-3H3. The van der Waals surface area contributed by atoms with Crippen molar-refractivity contribution in [3.63, 3.8) is 0 Å². The van der Waals surface area contributed by atoms with Gasteiger partial charge in [0.05, 0.1) is 0 Å². The highest BCUT2D eigenvalue weighted by Gasteiger charge is 2.08. The minimum absolute atomic E-state index is 0.371. The quantitative estimate of drug-likeness (QED) is 0.852. The molecule has 0 saturated heterocycles. The van der Waals surface area contributed by atoms with Crippen molar-refractivity contribution in [1.29, 1.82) is 0 Å². The van der Waals surface area contributed by atoms with Gasteiger partial charge < -0.3 is 14.4 Å². The second-order valence-electron chi connectivity index (χ2n) is 4.53. The van der Waals surface area contributed by atoms with E-state index in [0.29, 0.717) is 24.3 Å². The van der Waals surface area contributed by atoms with Gasteiger partial charge in [-0.05, 0) is 38.4 Å². The van der Waals surface area contributed by atoms with Crippen LogP contribution in [0.1, 0.15) is 43.6 Å². The third-order valence-electron chi connectivity index (χ3n) is 2.86. The monoisotopic (exact) mass is 248 g/mol. The molecule has 0 radical (unpaired) electrons. The average molecular weight is 248 g/mol. The summed E-state index contributed by atoms with van der Waals surface area (Å²) >= 11 is 0. The number of nitrogens with zero attached hydrogens (tertiary/aromatic N) is 3. The third-order valence-corrected chi connectivity index (χ3v) is 2.86. The molecule has 18 heavy (non-hydrogen) atoms. The van der Waals surface area contributed by atoms with Gasteiger partial charge in [-0.3, -0.25) is 0 Å². The molecule has 1 unspecified atom stereocenters. The maximum Gasteiger partial charge on any atom is 0.246 e. The molecule has 0 aliphatic carbocycles. The van der Waals surface area contributed by atoms with Gasteiger partial charge in [0.1, 0.15) is 6.54 Å². The second-order valence-corrected chi connectivity index (χ2v) is 4.53. The van der Waals surface area contributed by atoms with Crippen LogP contribution in [-0.4, -0.2) is 21.3 Å². The highest BCUT2D eigenvalue weighted by molar-refractivity contribution is 5.15. The second kappa shape index (κ2) is 5.82. The van der Waals surface area contributed by atoms with E-state index in [9.17, 15) is 0 Å². The smallest absolute Gasteiger partial charge is 0.246 e. The summed E-state index contributed by atoms with van der Waals surface area (Å²) in [5, 5.41) is 7.25. The van der Waals surface area contributed by atoms with Crippen LogP contribution < -0.4 is 5.32 Å². The van der Waals surface area contributed by atoms with Gasteiger partial charge in [0.15, 0.2) is 5.82 Å². The fraction of sp³-hybridized carbons (Fsp3) is 0.538. The van der Waals surface area contributed by atoms with E-state index >= 15 is 0 Å². The molecule has 2 rings (SSSR count). The zero-order valence-corrected chi connectivity index (χ0v) is 11.2. The number of hydrogen-bond acceptors (Lipinski definition) is 4. The first-order chi connectivity index (χ1) is 8.69. The SMILES string of the molecule is CCCNC(C)c1ccn(Cc2nc(C)no2)c1. The van der Waals surface area contributed by atoms with E-state index in [-0.39, 0.29) is 0 Å². The minimum atomic E-state index is 0.371. The minimum Gasteiger partial charge on any atom is -0.345 e. The van der Waals surface area contributed by atoms with Gasteiger partial charge in [0, 0.05) is 18.4 Å². The van der Waals surface area contributed by atoms with Crippen LogP contribution in [0.5, 0.6) is 0 Å². The number of aromatic nitrogens is 3. The van der Waals surface area contributed by atoms with Crippen molar-refractivity contribution < 1.29 is 4.52 Å². The largest absolute Gasteiger partial charge is 0.345 e. The number of rotatable bonds is 6. The molecule has 0 aromatic carbocycles. The summed E-state index contributed by atoms with van der Waals surface area (Å²) < 4.78 is 7.17. The predicted molar refractivity (Wildman–Crippen MR) is 69.3 cm³/mol. The summed E-state index contributed by atoms with van der Waals surface area (Å²) in [5.74, 6) is 1.32. The van der Waals surface area contributed by atoms with Crippen LogP contribution in [0.15, 0.2) is 23.0 Å². The van der Waals surface area contributed by atoms with Gasteiger partial charge in [-0.25, -0.2) is 0 Å². The van der Waals surface area contributed by atoms with Crippen molar-refractivity contribution in [3.05, 3.63) is 35.7 Å². The van der Waals surface area contributed by atoms with E-state index in [1.165, 1.54) is 5.56 Å². The Morgan fingerprint density at radius 1 is 1.50 bits per heavy atom. The molecular weight excluding hydrogens is 228 g/mol. The van der Waals surface area contributed by atoms with E-state index in [1.54, 1.807) is 0 Å². The van der Waals surface area contributed by atoms with Crippen molar-refractivity contribution in [2.45, 2.75) is 39.8 Å². The summed E-state index contributed by atoms with van der Waals surface area (Å²) in [6.45, 7) is 7.83. The molecule has 0 aliphatic rings. The van der Waals surface area contributed by atoms with Crippen LogP contribution in [0.4, 0.5) is 0 Å². The Hall–Kier alpha value is -1.62. The number of nitrogens with one attached hydrogen (secondary N) is 1. The fourth-order valence-electron chi connectivity index (χ4n) is 1.85. The van der Waals surface area contributed by atoms with E-state index in [2.05, 4.69) is 46.1 Å². The fourth-order valence-corrected chi connectivity index (χ4v) is 1.85. The van der Waals surface area contributed by atoms with Crippen LogP contribution in [0.3, 0.4) is 0 Å². The lowest BCUT2D eigenvalue weighted by Gasteiger charge is -2.10. The average Bonchev–Trinajstić information content (AvgIpc) is 2.96. The molecule has 5 heteroatoms. The van der Waals surface area contributed by atoms with E-state index < -0.39 is 0 Å². The van der Waals surface area contributed by atoms with Crippen molar-refractivity contribution in [2.24, 2.45) is 0 Å². The molecule has 98 valence electrons. The topological polar surface area (TPSA) is 55.9 Å². The first-order valence-corrected chi connectivity index (χ1v) is 6.37. The molecule has 1 N–H and O–H groups in total. The van der Waals surface area contributed by atoms with E-state index in [0.717, 1.165) is 13.0 Å². The Morgan fingerprint density at radius 3 is 3.00 bits per heavy atom. The molecule has 5 nitrogen and oxygen atoms in total. The Kier molecular flexibility index (Phi) is 4.15. The molecule has 0 aliphatic heterocycles. The summed E-state index contributed by atoms with van der Waals surface area (Å²) in [4.78, 5) is 4.20. The molecule has 0 fully saturated rings. The number of hydrogen-bond donors (Lipinski definition) is 1. The first kappa shape index (κ1) is 12.8. The maximum absolute atomic E-state index is 5.11. The molecule has 0 amide bonds. The lowest BCUT2D eigenvalue weighted by molar-refractivity contribution is 0.367. The Morgan fingerprint density at radius 2 is 2.33 bits per heavy atom. The molecule has 2 aromatic heterocycles. The third kappa shape index (κ3) is 3.20. The van der Waals surface area contributed by atoms with Gasteiger partial charge >= 0.3 is 0 Å². The van der Waals surface area contributed by atoms with Crippen LogP contribution >= 0.6 is 0 Å². The molecular formula is C13H20N4O. The highest BCUT2D eigenvalue weighted by atomic mass is 16.5. The Labute approximate surface area is 107 Å². The van der Waals surface area contributed by atoms with Gasteiger partial charge in [-0.2, -0.15) is 4.98 Å². The highest BCUT2D eigenvalue weighted by Crippen LogP contribution is 2.13. The van der Waals surface area contributed by atoms with Crippen molar-refractivity contribution in [1.82, 2.24) is 20.0 Å². The summed E-state index contributed by atoms with van der Waals surface area (Å²) in [5.41, 5.74) is 1.28. The van der Waals surface area contributed by atoms with Crippen molar-refractivity contribution >= 4 is 0 Å². The zero-order chi connectivity index (χ0) is 13.0. The van der Waals surface area contributed by atoms with Crippen molar-refractivity contribution in [2.75, 3.05) is 6.54 Å².